The zero-order chi connectivity index (χ0) is 37.3. The molecule has 3 aromatic rings. The average Bonchev–Trinajstić information content (AvgIpc) is 3.44. The van der Waals surface area contributed by atoms with Crippen LogP contribution in [-0.2, 0) is 11.0 Å². The predicted octanol–water partition coefficient (Wildman–Crippen LogP) is 7.98. The summed E-state index contributed by atoms with van der Waals surface area (Å²) in [4.78, 5) is 36.6. The van der Waals surface area contributed by atoms with Crippen LogP contribution >= 0.6 is 0 Å². The van der Waals surface area contributed by atoms with E-state index in [1.54, 1.807) is 25.3 Å². The SMILES string of the molecule is CC1CC2CC(C)C(NC(=O)c3cnc(-c4cn(C(C)C)c5cc(O[C@H]6CC[C@H](N7CC(F)(F)C7)CC6)ccc45)nc3C(F)(F)F)(C(=O)O)C(C1)C2. The lowest BCUT2D eigenvalue weighted by molar-refractivity contribution is -0.155. The molecule has 52 heavy (non-hydrogen) atoms. The Kier molecular flexibility index (Phi) is 9.31. The largest absolute Gasteiger partial charge is 0.490 e. The van der Waals surface area contributed by atoms with E-state index >= 15 is 0 Å². The van der Waals surface area contributed by atoms with Crippen LogP contribution in [0.5, 0.6) is 5.75 Å². The third-order valence-corrected chi connectivity index (χ3v) is 12.1. The molecule has 2 bridgehead atoms. The van der Waals surface area contributed by atoms with Gasteiger partial charge in [-0.25, -0.2) is 23.5 Å². The van der Waals surface area contributed by atoms with Crippen molar-refractivity contribution in [3.63, 3.8) is 0 Å². The molecule has 7 rings (SSSR count). The summed E-state index contributed by atoms with van der Waals surface area (Å²) < 4.78 is 79.0. The number of carbonyl (C=O) groups excluding carboxylic acids is 1. The van der Waals surface area contributed by atoms with E-state index in [4.69, 9.17) is 4.74 Å². The fraction of sp³-hybridized carbons (Fsp3) is 0.632. The van der Waals surface area contributed by atoms with E-state index in [-0.39, 0.29) is 43.0 Å². The van der Waals surface area contributed by atoms with E-state index in [1.807, 2.05) is 36.3 Å². The Bertz CT molecular complexity index is 1840. The van der Waals surface area contributed by atoms with Crippen molar-refractivity contribution in [3.05, 3.63) is 41.9 Å². The van der Waals surface area contributed by atoms with Crippen LogP contribution < -0.4 is 10.1 Å². The normalized spacial score (nSPS) is 30.6. The molecule has 0 spiro atoms. The Morgan fingerprint density at radius 1 is 1.04 bits per heavy atom. The maximum Gasteiger partial charge on any atom is 0.434 e. The molecule has 3 heterocycles. The molecule has 1 aromatic carbocycles. The van der Waals surface area contributed by atoms with Gasteiger partial charge in [-0.3, -0.25) is 9.69 Å². The Balaban J connectivity index is 1.15. The van der Waals surface area contributed by atoms with Crippen LogP contribution in [-0.4, -0.2) is 73.1 Å². The van der Waals surface area contributed by atoms with Crippen LogP contribution in [0.15, 0.2) is 30.6 Å². The van der Waals surface area contributed by atoms with E-state index in [9.17, 15) is 36.6 Å². The second kappa shape index (κ2) is 13.2. The van der Waals surface area contributed by atoms with Crippen LogP contribution in [0, 0.1) is 23.7 Å². The van der Waals surface area contributed by atoms with E-state index in [2.05, 4.69) is 15.3 Å². The quantitative estimate of drug-likeness (QED) is 0.226. The molecule has 14 heteroatoms. The summed E-state index contributed by atoms with van der Waals surface area (Å²) in [6, 6.07) is 5.37. The van der Waals surface area contributed by atoms with Crippen molar-refractivity contribution in [1.82, 2.24) is 24.8 Å². The number of carboxylic acid groups (broad SMARTS) is 1. The van der Waals surface area contributed by atoms with Gasteiger partial charge in [-0.2, -0.15) is 13.2 Å². The van der Waals surface area contributed by atoms with Gasteiger partial charge in [0.2, 0.25) is 0 Å². The van der Waals surface area contributed by atoms with E-state index < -0.39 is 52.6 Å². The molecular formula is C38H46F5N5O4. The fourth-order valence-electron chi connectivity index (χ4n) is 9.65. The number of amides is 1. The molecule has 3 aliphatic carbocycles. The van der Waals surface area contributed by atoms with Crippen molar-refractivity contribution in [2.24, 2.45) is 23.7 Å². The number of likely N-dealkylation sites (tertiary alicyclic amines) is 1. The number of halogens is 5. The minimum Gasteiger partial charge on any atom is -0.490 e. The number of rotatable bonds is 8. The number of hydrogen-bond donors (Lipinski definition) is 2. The lowest BCUT2D eigenvalue weighted by atomic mass is 9.56. The monoisotopic (exact) mass is 731 g/mol. The number of alkyl halides is 5. The number of nitrogens with one attached hydrogen (secondary N) is 1. The molecule has 5 unspecified atom stereocenters. The number of carbonyl (C=O) groups is 2. The molecule has 1 aliphatic heterocycles. The topological polar surface area (TPSA) is 110 Å². The summed E-state index contributed by atoms with van der Waals surface area (Å²) >= 11 is 0. The van der Waals surface area contributed by atoms with Crippen LogP contribution in [0.1, 0.15) is 101 Å². The summed E-state index contributed by atoms with van der Waals surface area (Å²) in [5, 5.41) is 13.7. The molecule has 2 aromatic heterocycles. The molecule has 4 aliphatic rings. The van der Waals surface area contributed by atoms with E-state index in [0.29, 0.717) is 47.4 Å². The van der Waals surface area contributed by atoms with Crippen molar-refractivity contribution in [3.8, 4) is 17.1 Å². The first-order chi connectivity index (χ1) is 24.4. The molecule has 282 valence electrons. The highest BCUT2D eigenvalue weighted by atomic mass is 19.4. The van der Waals surface area contributed by atoms with Gasteiger partial charge in [0.25, 0.3) is 11.8 Å². The van der Waals surface area contributed by atoms with Gasteiger partial charge in [0.05, 0.1) is 30.3 Å². The molecule has 0 radical (unpaired) electrons. The van der Waals surface area contributed by atoms with Gasteiger partial charge in [0.15, 0.2) is 11.5 Å². The highest BCUT2D eigenvalue weighted by Crippen LogP contribution is 2.50. The molecule has 2 N–H and O–H groups in total. The van der Waals surface area contributed by atoms with Gasteiger partial charge in [-0.15, -0.1) is 0 Å². The summed E-state index contributed by atoms with van der Waals surface area (Å²) in [7, 11) is 0. The standard InChI is InChI=1S/C38H46F5N5O4/c1-20(2)48-17-30(28-10-9-27(15-31(28)48)52-26-7-5-25(6-8-26)47-18-36(39,40)19-47)33-44-16-29(32(45-33)38(41,42)43)34(49)46-37(35(50)51)22(4)13-23-11-21(3)12-24(37)14-23/h9-10,15-17,20-26H,5-8,11-14,18-19H2,1-4H3,(H,46,49)(H,50,51)/t21?,22?,23?,24?,25-,26-,37?. The Morgan fingerprint density at radius 2 is 1.75 bits per heavy atom. The first kappa shape index (κ1) is 36.5. The Morgan fingerprint density at radius 3 is 2.38 bits per heavy atom. The number of fused-ring (bicyclic) bond motifs is 3. The third kappa shape index (κ3) is 6.64. The molecule has 1 saturated heterocycles. The second-order valence-electron chi connectivity index (χ2n) is 16.1. The van der Waals surface area contributed by atoms with Crippen molar-refractivity contribution < 1.29 is 41.4 Å². The summed E-state index contributed by atoms with van der Waals surface area (Å²) in [6.07, 6.45) is 3.07. The van der Waals surface area contributed by atoms with Crippen molar-refractivity contribution in [1.29, 1.82) is 0 Å². The van der Waals surface area contributed by atoms with Gasteiger partial charge >= 0.3 is 12.1 Å². The minimum absolute atomic E-state index is 0.0875. The number of aromatic nitrogens is 3. The van der Waals surface area contributed by atoms with Crippen molar-refractivity contribution >= 4 is 22.8 Å². The number of ether oxygens (including phenoxy) is 1. The summed E-state index contributed by atoms with van der Waals surface area (Å²) in [5.74, 6) is -4.97. The predicted molar refractivity (Wildman–Crippen MR) is 183 cm³/mol. The molecular weight excluding hydrogens is 685 g/mol. The van der Waals surface area contributed by atoms with Gasteiger partial charge in [0, 0.05) is 41.5 Å². The minimum atomic E-state index is -5.03. The fourth-order valence-corrected chi connectivity index (χ4v) is 9.65. The van der Waals surface area contributed by atoms with Crippen LogP contribution in [0.2, 0.25) is 0 Å². The van der Waals surface area contributed by atoms with Gasteiger partial charge in [0.1, 0.15) is 11.3 Å². The molecule has 9 nitrogen and oxygen atoms in total. The van der Waals surface area contributed by atoms with E-state index in [0.717, 1.165) is 38.3 Å². The number of aliphatic carboxylic acids is 1. The maximum atomic E-state index is 14.7. The highest BCUT2D eigenvalue weighted by Gasteiger charge is 2.57. The average molecular weight is 732 g/mol. The first-order valence-electron chi connectivity index (χ1n) is 18.4. The number of benzene rings is 1. The van der Waals surface area contributed by atoms with Gasteiger partial charge in [-0.05, 0) is 101 Å². The number of hydrogen-bond acceptors (Lipinski definition) is 6. The molecule has 3 saturated carbocycles. The van der Waals surface area contributed by atoms with Gasteiger partial charge < -0.3 is 19.7 Å². The van der Waals surface area contributed by atoms with Crippen LogP contribution in [0.4, 0.5) is 22.0 Å². The third-order valence-electron chi connectivity index (χ3n) is 12.1. The second-order valence-corrected chi connectivity index (χ2v) is 16.1. The summed E-state index contributed by atoms with van der Waals surface area (Å²) in [5.41, 5.74) is -2.93. The lowest BCUT2D eigenvalue weighted by Crippen LogP contribution is -2.66. The van der Waals surface area contributed by atoms with Crippen molar-refractivity contribution in [2.45, 2.75) is 115 Å². The van der Waals surface area contributed by atoms with Crippen LogP contribution in [0.25, 0.3) is 22.3 Å². The zero-order valence-electron chi connectivity index (χ0n) is 29.8. The van der Waals surface area contributed by atoms with E-state index in [1.165, 1.54) is 0 Å². The maximum absolute atomic E-state index is 14.7. The Labute approximate surface area is 299 Å². The smallest absolute Gasteiger partial charge is 0.434 e. The number of nitrogens with zero attached hydrogens (tertiary/aromatic N) is 4. The lowest BCUT2D eigenvalue weighted by Gasteiger charge is -2.52. The highest BCUT2D eigenvalue weighted by molar-refractivity contribution is 6.00. The van der Waals surface area contributed by atoms with Gasteiger partial charge in [-0.1, -0.05) is 13.8 Å². The Hall–Kier alpha value is -3.81. The zero-order valence-corrected chi connectivity index (χ0v) is 29.8. The molecule has 5 atom stereocenters. The summed E-state index contributed by atoms with van der Waals surface area (Å²) in [6.45, 7) is 7.28. The molecule has 1 amide bonds. The molecule has 4 fully saturated rings. The first-order valence-corrected chi connectivity index (χ1v) is 18.4. The van der Waals surface area contributed by atoms with Crippen molar-refractivity contribution in [2.75, 3.05) is 13.1 Å². The van der Waals surface area contributed by atoms with Crippen LogP contribution in [0.3, 0.4) is 0 Å². The number of carboxylic acids is 1.